The number of benzene rings is 2. The maximum Gasteiger partial charge on any atom is 0.341 e. The molecule has 2 aromatic rings. The number of amides is 1. The Morgan fingerprint density at radius 2 is 1.76 bits per heavy atom. The molecule has 6 heteroatoms. The molecule has 0 radical (unpaired) electrons. The van der Waals surface area contributed by atoms with Gasteiger partial charge in [-0.15, -0.1) is 0 Å². The molecule has 0 saturated carbocycles. The van der Waals surface area contributed by atoms with Crippen LogP contribution in [0.1, 0.15) is 35.9 Å². The van der Waals surface area contributed by atoms with Crippen LogP contribution >= 0.6 is 11.6 Å². The molecule has 0 aliphatic carbocycles. The second kappa shape index (κ2) is 8.53. The van der Waals surface area contributed by atoms with Crippen LogP contribution in [0.3, 0.4) is 0 Å². The fraction of sp³-hybridized carbons (Fsp3) is 0.263. The summed E-state index contributed by atoms with van der Waals surface area (Å²) in [6.07, 6.45) is -1.02. The van der Waals surface area contributed by atoms with E-state index in [0.717, 1.165) is 0 Å². The molecule has 0 fully saturated rings. The van der Waals surface area contributed by atoms with Gasteiger partial charge < -0.3 is 15.4 Å². The van der Waals surface area contributed by atoms with Gasteiger partial charge in [-0.3, -0.25) is 4.79 Å². The lowest BCUT2D eigenvalue weighted by Gasteiger charge is -2.25. The van der Waals surface area contributed by atoms with Gasteiger partial charge in [-0.05, 0) is 32.0 Å². The Balaban J connectivity index is 2.33. The van der Waals surface area contributed by atoms with Crippen molar-refractivity contribution < 1.29 is 14.3 Å². The number of nitrogens with zero attached hydrogens (tertiary/aromatic N) is 1. The van der Waals surface area contributed by atoms with Crippen LogP contribution in [0.15, 0.2) is 48.5 Å². The molecule has 1 amide bonds. The number of anilines is 1. The Labute approximate surface area is 152 Å². The van der Waals surface area contributed by atoms with E-state index in [9.17, 15) is 9.59 Å². The molecule has 2 rings (SSSR count). The van der Waals surface area contributed by atoms with E-state index in [2.05, 4.69) is 0 Å². The normalized spacial score (nSPS) is 11.6. The molecule has 0 heterocycles. The lowest BCUT2D eigenvalue weighted by molar-refractivity contribution is -0.140. The van der Waals surface area contributed by atoms with Crippen LogP contribution in [0, 0.1) is 0 Å². The number of carbonyl (C=O) groups is 2. The lowest BCUT2D eigenvalue weighted by atomic mass is 10.1. The number of hydrogen-bond donors (Lipinski definition) is 1. The predicted molar refractivity (Wildman–Crippen MR) is 98.4 cm³/mol. The van der Waals surface area contributed by atoms with E-state index in [1.807, 2.05) is 19.9 Å². The molecule has 0 aliphatic heterocycles. The average Bonchev–Trinajstić information content (AvgIpc) is 2.61. The summed E-state index contributed by atoms with van der Waals surface area (Å²) in [6.45, 7) is 4.81. The molecule has 0 unspecified atom stereocenters. The Morgan fingerprint density at radius 3 is 2.32 bits per heavy atom. The van der Waals surface area contributed by atoms with E-state index in [0.29, 0.717) is 23.7 Å². The molecule has 2 aromatic carbocycles. The van der Waals surface area contributed by atoms with Gasteiger partial charge in [-0.25, -0.2) is 4.79 Å². The first kappa shape index (κ1) is 18.8. The zero-order valence-corrected chi connectivity index (χ0v) is 15.0. The van der Waals surface area contributed by atoms with Gasteiger partial charge in [0.05, 0.1) is 5.56 Å². The second-order valence-electron chi connectivity index (χ2n) is 5.44. The highest BCUT2D eigenvalue weighted by molar-refractivity contribution is 6.31. The average molecular weight is 361 g/mol. The minimum atomic E-state index is -1.02. The van der Waals surface area contributed by atoms with Crippen LogP contribution in [-0.4, -0.2) is 29.9 Å². The fourth-order valence-corrected chi connectivity index (χ4v) is 2.66. The Hall–Kier alpha value is -2.53. The Bertz CT molecular complexity index is 746. The van der Waals surface area contributed by atoms with Crippen LogP contribution in [-0.2, 0) is 9.53 Å². The Kier molecular flexibility index (Phi) is 6.42. The van der Waals surface area contributed by atoms with Crippen molar-refractivity contribution in [2.24, 2.45) is 0 Å². The van der Waals surface area contributed by atoms with Crippen molar-refractivity contribution in [3.05, 3.63) is 64.7 Å². The topological polar surface area (TPSA) is 72.6 Å². The first-order chi connectivity index (χ1) is 12.0. The maximum absolute atomic E-state index is 12.8. The van der Waals surface area contributed by atoms with Gasteiger partial charge in [0, 0.05) is 29.4 Å². The van der Waals surface area contributed by atoms with E-state index >= 15 is 0 Å². The molecule has 0 bridgehead atoms. The number of rotatable bonds is 6. The molecule has 25 heavy (non-hydrogen) atoms. The number of carbonyl (C=O) groups excluding carboxylic acids is 2. The van der Waals surface area contributed by atoms with Crippen LogP contribution in [0.25, 0.3) is 0 Å². The third-order valence-corrected chi connectivity index (χ3v) is 4.10. The molecule has 0 aliphatic rings. The largest absolute Gasteiger partial charge is 0.444 e. The first-order valence-corrected chi connectivity index (χ1v) is 8.45. The number of likely N-dealkylation sites (N-methyl/N-ethyl adjacent to an activating group) is 1. The second-order valence-corrected chi connectivity index (χ2v) is 5.87. The molecule has 0 spiro atoms. The summed E-state index contributed by atoms with van der Waals surface area (Å²) in [5, 5.41) is 0.424. The van der Waals surface area contributed by atoms with Crippen LogP contribution in [0.2, 0.25) is 5.02 Å². The summed E-state index contributed by atoms with van der Waals surface area (Å²) in [6, 6.07) is 13.4. The van der Waals surface area contributed by atoms with Crippen molar-refractivity contribution in [3.63, 3.8) is 0 Å². The third kappa shape index (κ3) is 4.51. The number of nitrogens with two attached hydrogens (primary N) is 1. The number of esters is 1. The summed E-state index contributed by atoms with van der Waals surface area (Å²) in [7, 11) is 0. The number of nitrogen functional groups attached to an aromatic ring is 1. The molecule has 5 nitrogen and oxygen atoms in total. The molecular formula is C19H21ClN2O3. The minimum Gasteiger partial charge on any atom is -0.444 e. The van der Waals surface area contributed by atoms with Crippen molar-refractivity contribution in [2.75, 3.05) is 18.8 Å². The van der Waals surface area contributed by atoms with Gasteiger partial charge in [0.15, 0.2) is 0 Å². The van der Waals surface area contributed by atoms with E-state index in [-0.39, 0.29) is 17.2 Å². The zero-order chi connectivity index (χ0) is 18.4. The molecule has 1 atom stereocenters. The van der Waals surface area contributed by atoms with Crippen molar-refractivity contribution in [1.29, 1.82) is 0 Å². The monoisotopic (exact) mass is 360 g/mol. The van der Waals surface area contributed by atoms with Gasteiger partial charge in [0.2, 0.25) is 6.10 Å². The highest BCUT2D eigenvalue weighted by atomic mass is 35.5. The quantitative estimate of drug-likeness (QED) is 0.630. The summed E-state index contributed by atoms with van der Waals surface area (Å²) in [5.41, 5.74) is 6.84. The van der Waals surface area contributed by atoms with E-state index in [1.165, 1.54) is 12.1 Å². The molecule has 132 valence electrons. The first-order valence-electron chi connectivity index (χ1n) is 8.07. The standard InChI is InChI=1S/C19H21ClN2O3/c1-3-22(4-2)18(23)17(13-8-6-5-7-9-13)25-19(24)15-11-10-14(20)12-16(15)21/h5-12,17H,3-4,21H2,1-2H3/t17-/m1/s1. The highest BCUT2D eigenvalue weighted by Gasteiger charge is 2.29. The van der Waals surface area contributed by atoms with Crippen molar-refractivity contribution in [3.8, 4) is 0 Å². The van der Waals surface area contributed by atoms with Gasteiger partial charge in [-0.1, -0.05) is 41.9 Å². The fourth-order valence-electron chi connectivity index (χ4n) is 2.48. The predicted octanol–water partition coefficient (Wildman–Crippen LogP) is 3.69. The van der Waals surface area contributed by atoms with Crippen LogP contribution < -0.4 is 5.73 Å². The van der Waals surface area contributed by atoms with Crippen molar-refractivity contribution in [2.45, 2.75) is 20.0 Å². The summed E-state index contributed by atoms with van der Waals surface area (Å²) in [4.78, 5) is 27.0. The van der Waals surface area contributed by atoms with Crippen molar-refractivity contribution >= 4 is 29.2 Å². The highest BCUT2D eigenvalue weighted by Crippen LogP contribution is 2.25. The zero-order valence-electron chi connectivity index (χ0n) is 14.2. The number of halogens is 1. The van der Waals surface area contributed by atoms with Gasteiger partial charge in [0.25, 0.3) is 5.91 Å². The lowest BCUT2D eigenvalue weighted by Crippen LogP contribution is -2.36. The number of hydrogen-bond acceptors (Lipinski definition) is 4. The molecule has 2 N–H and O–H groups in total. The van der Waals surface area contributed by atoms with E-state index in [4.69, 9.17) is 22.1 Å². The summed E-state index contributed by atoms with van der Waals surface area (Å²) in [5.74, 6) is -0.930. The molecule has 0 saturated heterocycles. The summed E-state index contributed by atoms with van der Waals surface area (Å²) < 4.78 is 5.54. The Morgan fingerprint density at radius 1 is 1.12 bits per heavy atom. The minimum absolute atomic E-state index is 0.178. The molecule has 0 aromatic heterocycles. The van der Waals surface area contributed by atoms with E-state index < -0.39 is 12.1 Å². The van der Waals surface area contributed by atoms with Crippen LogP contribution in [0.4, 0.5) is 5.69 Å². The van der Waals surface area contributed by atoms with Gasteiger partial charge in [-0.2, -0.15) is 0 Å². The summed E-state index contributed by atoms with van der Waals surface area (Å²) >= 11 is 5.86. The van der Waals surface area contributed by atoms with Gasteiger partial charge >= 0.3 is 5.97 Å². The van der Waals surface area contributed by atoms with E-state index in [1.54, 1.807) is 35.2 Å². The van der Waals surface area contributed by atoms with Crippen LogP contribution in [0.5, 0.6) is 0 Å². The molecular weight excluding hydrogens is 340 g/mol. The third-order valence-electron chi connectivity index (χ3n) is 3.86. The van der Waals surface area contributed by atoms with Gasteiger partial charge in [0.1, 0.15) is 0 Å². The SMILES string of the molecule is CCN(CC)C(=O)[C@H](OC(=O)c1ccc(Cl)cc1N)c1ccccc1. The maximum atomic E-state index is 12.8. The smallest absolute Gasteiger partial charge is 0.341 e. The number of ether oxygens (including phenoxy) is 1. The van der Waals surface area contributed by atoms with Crippen molar-refractivity contribution in [1.82, 2.24) is 4.90 Å².